The van der Waals surface area contributed by atoms with Crippen LogP contribution in [0.5, 0.6) is 0 Å². The van der Waals surface area contributed by atoms with E-state index in [1.807, 2.05) is 0 Å². The predicted molar refractivity (Wildman–Crippen MR) is 115 cm³/mol. The van der Waals surface area contributed by atoms with Crippen molar-refractivity contribution >= 4 is 36.4 Å². The summed E-state index contributed by atoms with van der Waals surface area (Å²) in [6.45, 7) is 0. The Morgan fingerprint density at radius 1 is 0.800 bits per heavy atom. The fourth-order valence-electron chi connectivity index (χ4n) is 3.52. The van der Waals surface area contributed by atoms with E-state index in [1.165, 1.54) is 48.5 Å². The Morgan fingerprint density at radius 2 is 1.30 bits per heavy atom. The van der Waals surface area contributed by atoms with Gasteiger partial charge in [0.15, 0.2) is 0 Å². The maximum atomic E-state index is 13.6. The Hall–Kier alpha value is -2.67. The van der Waals surface area contributed by atoms with Crippen LogP contribution in [0.2, 0.25) is 0 Å². The van der Waals surface area contributed by atoms with Crippen LogP contribution in [0.25, 0.3) is 0 Å². The molecule has 6 nitrogen and oxygen atoms in total. The minimum absolute atomic E-state index is 0.0582. The van der Waals surface area contributed by atoms with Crippen molar-refractivity contribution < 1.29 is 16.8 Å². The third kappa shape index (κ3) is 3.41. The molecule has 154 valence electrons. The summed E-state index contributed by atoms with van der Waals surface area (Å²) in [5, 5.41) is 9.77. The molecule has 0 bridgehead atoms. The number of benzene rings is 2. The lowest BCUT2D eigenvalue weighted by Crippen LogP contribution is -2.37. The highest BCUT2D eigenvalue weighted by Crippen LogP contribution is 2.43. The fraction of sp³-hybridized carbons (Fsp3) is 0.190. The van der Waals surface area contributed by atoms with Gasteiger partial charge in [0, 0.05) is 4.88 Å². The van der Waals surface area contributed by atoms with E-state index >= 15 is 0 Å². The monoisotopic (exact) mass is 458 g/mol. The zero-order valence-corrected chi connectivity index (χ0v) is 18.3. The van der Waals surface area contributed by atoms with Gasteiger partial charge < -0.3 is 0 Å². The topological polar surface area (TPSA) is 95.3 Å². The summed E-state index contributed by atoms with van der Waals surface area (Å²) in [5.41, 5.74) is 0.897. The molecule has 1 aliphatic carbocycles. The molecular weight excluding hydrogens is 440 g/mol. The van der Waals surface area contributed by atoms with Gasteiger partial charge in [0.2, 0.25) is 0 Å². The number of sulfonamides is 2. The summed E-state index contributed by atoms with van der Waals surface area (Å²) in [6, 6.07) is 16.9. The van der Waals surface area contributed by atoms with E-state index < -0.39 is 20.0 Å². The van der Waals surface area contributed by atoms with Crippen LogP contribution in [0, 0.1) is 11.3 Å². The van der Waals surface area contributed by atoms with Gasteiger partial charge in [-0.15, -0.1) is 15.0 Å². The zero-order valence-electron chi connectivity index (χ0n) is 15.9. The van der Waals surface area contributed by atoms with E-state index in [0.717, 1.165) is 34.6 Å². The fourth-order valence-corrected chi connectivity index (χ4v) is 9.04. The van der Waals surface area contributed by atoms with Crippen molar-refractivity contribution in [3.8, 4) is 6.07 Å². The second-order valence-corrected chi connectivity index (χ2v) is 11.7. The molecule has 3 aromatic rings. The number of thiophene rings is 1. The number of nitriles is 1. The zero-order chi connectivity index (χ0) is 21.4. The summed E-state index contributed by atoms with van der Waals surface area (Å²) in [5.74, 6) is 0. The Kier molecular flexibility index (Phi) is 5.40. The Morgan fingerprint density at radius 3 is 1.80 bits per heavy atom. The molecule has 0 unspecified atom stereocenters. The molecule has 0 saturated heterocycles. The molecule has 0 N–H and O–H groups in total. The van der Waals surface area contributed by atoms with Gasteiger partial charge in [0.1, 0.15) is 11.1 Å². The molecule has 30 heavy (non-hydrogen) atoms. The van der Waals surface area contributed by atoms with Crippen LogP contribution in [0.4, 0.5) is 5.00 Å². The summed E-state index contributed by atoms with van der Waals surface area (Å²) < 4.78 is 54.8. The number of rotatable bonds is 5. The average Bonchev–Trinajstić information content (AvgIpc) is 3.12. The van der Waals surface area contributed by atoms with Gasteiger partial charge in [-0.25, -0.2) is 0 Å². The number of anilines is 1. The number of nitrogens with zero attached hydrogens (tertiary/aromatic N) is 2. The van der Waals surface area contributed by atoms with Gasteiger partial charge in [0.05, 0.1) is 15.4 Å². The molecule has 0 fully saturated rings. The van der Waals surface area contributed by atoms with Gasteiger partial charge in [-0.3, -0.25) is 0 Å². The van der Waals surface area contributed by atoms with Crippen molar-refractivity contribution in [2.75, 3.05) is 3.71 Å². The van der Waals surface area contributed by atoms with E-state index in [1.54, 1.807) is 12.1 Å². The van der Waals surface area contributed by atoms with Gasteiger partial charge in [-0.2, -0.15) is 22.1 Å². The van der Waals surface area contributed by atoms with Gasteiger partial charge in [-0.1, -0.05) is 36.4 Å². The molecule has 1 heterocycles. The van der Waals surface area contributed by atoms with Crippen molar-refractivity contribution in [1.82, 2.24) is 0 Å². The number of hydrogen-bond acceptors (Lipinski definition) is 6. The first-order valence-corrected chi connectivity index (χ1v) is 13.0. The molecule has 1 aliphatic rings. The molecule has 1 aromatic heterocycles. The van der Waals surface area contributed by atoms with Crippen molar-refractivity contribution in [2.45, 2.75) is 35.5 Å². The molecule has 4 rings (SSSR count). The van der Waals surface area contributed by atoms with Crippen LogP contribution < -0.4 is 3.71 Å². The second kappa shape index (κ2) is 7.87. The van der Waals surface area contributed by atoms with E-state index in [4.69, 9.17) is 0 Å². The van der Waals surface area contributed by atoms with Gasteiger partial charge in [-0.05, 0) is 55.5 Å². The molecule has 0 radical (unpaired) electrons. The van der Waals surface area contributed by atoms with Gasteiger partial charge >= 0.3 is 0 Å². The highest BCUT2D eigenvalue weighted by molar-refractivity contribution is 8.10. The molecule has 0 atom stereocenters. The van der Waals surface area contributed by atoms with Crippen LogP contribution >= 0.6 is 11.3 Å². The van der Waals surface area contributed by atoms with Gasteiger partial charge in [0.25, 0.3) is 20.0 Å². The SMILES string of the molecule is N#Cc1c(N(S(=O)(=O)c2ccccc2)S(=O)(=O)c2ccccc2)sc2c1CCCC2. The number of fused-ring (bicyclic) bond motifs is 1. The first-order chi connectivity index (χ1) is 14.4. The lowest BCUT2D eigenvalue weighted by atomic mass is 9.96. The van der Waals surface area contributed by atoms with E-state index in [2.05, 4.69) is 6.07 Å². The minimum atomic E-state index is -4.49. The Labute approximate surface area is 180 Å². The molecule has 0 aliphatic heterocycles. The summed E-state index contributed by atoms with van der Waals surface area (Å²) in [4.78, 5) is 0.573. The summed E-state index contributed by atoms with van der Waals surface area (Å²) >= 11 is 1.08. The maximum absolute atomic E-state index is 13.6. The van der Waals surface area contributed by atoms with Crippen molar-refractivity contribution in [3.05, 3.63) is 76.7 Å². The summed E-state index contributed by atoms with van der Waals surface area (Å²) in [6.07, 6.45) is 3.15. The summed E-state index contributed by atoms with van der Waals surface area (Å²) in [7, 11) is -8.97. The average molecular weight is 459 g/mol. The molecule has 9 heteroatoms. The maximum Gasteiger partial charge on any atom is 0.278 e. The lowest BCUT2D eigenvalue weighted by Gasteiger charge is -2.23. The van der Waals surface area contributed by atoms with Crippen LogP contribution in [-0.4, -0.2) is 16.8 Å². The van der Waals surface area contributed by atoms with E-state index in [0.29, 0.717) is 16.6 Å². The molecule has 2 aromatic carbocycles. The lowest BCUT2D eigenvalue weighted by molar-refractivity contribution is 0.584. The van der Waals surface area contributed by atoms with Crippen molar-refractivity contribution in [3.63, 3.8) is 0 Å². The van der Waals surface area contributed by atoms with Crippen LogP contribution in [0.15, 0.2) is 70.5 Å². The molecule has 0 saturated carbocycles. The molecular formula is C21H18N2O4S3. The largest absolute Gasteiger partial charge is 0.278 e. The van der Waals surface area contributed by atoms with Crippen LogP contribution in [0.1, 0.15) is 28.8 Å². The minimum Gasteiger partial charge on any atom is -0.200 e. The third-order valence-electron chi connectivity index (χ3n) is 4.95. The van der Waals surface area contributed by atoms with Crippen LogP contribution in [-0.2, 0) is 32.9 Å². The Balaban J connectivity index is 2.02. The van der Waals surface area contributed by atoms with E-state index in [-0.39, 0.29) is 20.4 Å². The second-order valence-electron chi connectivity index (χ2n) is 6.84. The third-order valence-corrected chi connectivity index (χ3v) is 10.6. The standard InChI is InChI=1S/C21H18N2O4S3/c22-15-19-18-13-7-8-14-20(18)28-21(19)23(29(24,25)16-9-3-1-4-10-16)30(26,27)17-11-5-2-6-12-17/h1-6,9-12H,7-8,13-14H2. The van der Waals surface area contributed by atoms with Crippen molar-refractivity contribution in [2.24, 2.45) is 0 Å². The highest BCUT2D eigenvalue weighted by Gasteiger charge is 2.40. The Bertz CT molecular complexity index is 1250. The molecule has 0 amide bonds. The normalized spacial score (nSPS) is 14.0. The van der Waals surface area contributed by atoms with Crippen molar-refractivity contribution in [1.29, 1.82) is 5.26 Å². The quantitative estimate of drug-likeness (QED) is 0.574. The highest BCUT2D eigenvalue weighted by atomic mass is 32.3. The van der Waals surface area contributed by atoms with Crippen LogP contribution in [0.3, 0.4) is 0 Å². The smallest absolute Gasteiger partial charge is 0.200 e. The predicted octanol–water partition coefficient (Wildman–Crippen LogP) is 4.08. The number of hydrogen-bond donors (Lipinski definition) is 0. The first-order valence-electron chi connectivity index (χ1n) is 9.32. The first kappa shape index (κ1) is 20.6. The molecule has 0 spiro atoms. The number of aryl methyl sites for hydroxylation is 1. The van der Waals surface area contributed by atoms with E-state index in [9.17, 15) is 22.1 Å².